The molecule has 3 atom stereocenters. The summed E-state index contributed by atoms with van der Waals surface area (Å²) < 4.78 is 60.8. The van der Waals surface area contributed by atoms with E-state index in [0.717, 1.165) is 19.1 Å². The van der Waals surface area contributed by atoms with Crippen molar-refractivity contribution in [1.82, 2.24) is 29.5 Å². The fourth-order valence-corrected chi connectivity index (χ4v) is 7.29. The summed E-state index contributed by atoms with van der Waals surface area (Å²) in [5.41, 5.74) is 7.72. The molecule has 0 aliphatic carbocycles. The first-order valence-corrected chi connectivity index (χ1v) is 15.1. The predicted octanol–water partition coefficient (Wildman–Crippen LogP) is 2.36. The zero-order valence-electron chi connectivity index (χ0n) is 22.7. The van der Waals surface area contributed by atoms with Gasteiger partial charge >= 0.3 is 0 Å². The van der Waals surface area contributed by atoms with Gasteiger partial charge in [-0.25, -0.2) is 27.8 Å². The number of hydrogen-bond acceptors (Lipinski definition) is 10. The SMILES string of the molecule is COc1ccc(-c2ncc(-c3cnn4c(N)c(S(C)(=O)=O)c([C@@H]5C[C@H]6CC[C@@H](C5)N6C(=O)CO)nc34)cn2)c(F)c1F. The maximum Gasteiger partial charge on any atom is 0.248 e. The highest BCUT2D eigenvalue weighted by Crippen LogP contribution is 2.45. The van der Waals surface area contributed by atoms with E-state index >= 15 is 0 Å². The molecule has 5 heterocycles. The molecule has 4 aromatic rings. The molecule has 6 rings (SSSR count). The molecular formula is C27H27F2N7O5S. The van der Waals surface area contributed by atoms with E-state index in [1.165, 1.54) is 42.3 Å². The van der Waals surface area contributed by atoms with Crippen molar-refractivity contribution in [2.45, 2.75) is 48.6 Å². The summed E-state index contributed by atoms with van der Waals surface area (Å²) in [6.07, 6.45) is 7.76. The first-order chi connectivity index (χ1) is 20.0. The molecule has 0 radical (unpaired) electrons. The molecule has 0 saturated carbocycles. The third kappa shape index (κ3) is 4.43. The van der Waals surface area contributed by atoms with E-state index in [1.54, 1.807) is 4.90 Å². The van der Waals surface area contributed by atoms with Gasteiger partial charge in [-0.3, -0.25) is 4.79 Å². The number of nitrogens with two attached hydrogens (primary N) is 1. The van der Waals surface area contributed by atoms with Gasteiger partial charge in [-0.05, 0) is 37.8 Å². The average molecular weight is 600 g/mol. The average Bonchev–Trinajstić information content (AvgIpc) is 3.51. The van der Waals surface area contributed by atoms with Crippen molar-refractivity contribution in [3.63, 3.8) is 0 Å². The van der Waals surface area contributed by atoms with Crippen molar-refractivity contribution in [3.8, 4) is 28.3 Å². The maximum atomic E-state index is 14.6. The summed E-state index contributed by atoms with van der Waals surface area (Å²) in [6.45, 7) is -0.580. The van der Waals surface area contributed by atoms with Crippen molar-refractivity contribution in [1.29, 1.82) is 0 Å². The standard InChI is InChI=1S/C27H27F2N7O5S/c1-41-19-6-5-17(21(28)22(19)29)26-31-9-14(10-32-26)18-11-33-36-25(30)24(42(2,39)40)23(34-27(18)36)13-7-15-3-4-16(8-13)35(15)20(38)12-37/h5-6,9-11,13,15-16,37H,3-4,7-8,12,30H2,1-2H3/t13-,15-,16+. The van der Waals surface area contributed by atoms with E-state index in [9.17, 15) is 27.1 Å². The van der Waals surface area contributed by atoms with Crippen LogP contribution in [-0.2, 0) is 14.6 Å². The van der Waals surface area contributed by atoms with Crippen LogP contribution in [0.2, 0.25) is 0 Å². The number of aliphatic hydroxyl groups is 1. The van der Waals surface area contributed by atoms with E-state index in [4.69, 9.17) is 15.5 Å². The minimum atomic E-state index is -3.83. The lowest BCUT2D eigenvalue weighted by molar-refractivity contribution is -0.138. The Bertz CT molecular complexity index is 1820. The van der Waals surface area contributed by atoms with Gasteiger partial charge in [-0.1, -0.05) is 0 Å². The summed E-state index contributed by atoms with van der Waals surface area (Å²) in [5, 5.41) is 13.7. The molecule has 2 fully saturated rings. The third-order valence-electron chi connectivity index (χ3n) is 8.05. The van der Waals surface area contributed by atoms with Gasteiger partial charge in [0, 0.05) is 47.8 Å². The first kappa shape index (κ1) is 27.9. The van der Waals surface area contributed by atoms with Crippen LogP contribution in [0.3, 0.4) is 0 Å². The smallest absolute Gasteiger partial charge is 0.248 e. The summed E-state index contributed by atoms with van der Waals surface area (Å²) in [5.74, 6) is -3.35. The van der Waals surface area contributed by atoms with Crippen LogP contribution in [0.25, 0.3) is 28.2 Å². The number of methoxy groups -OCH3 is 1. The van der Waals surface area contributed by atoms with E-state index in [0.29, 0.717) is 29.7 Å². The zero-order chi connectivity index (χ0) is 29.9. The number of aromatic nitrogens is 5. The fourth-order valence-electron chi connectivity index (χ4n) is 6.24. The number of benzene rings is 1. The number of aliphatic hydroxyl groups excluding tert-OH is 1. The molecule has 1 amide bonds. The Morgan fingerprint density at radius 1 is 1.10 bits per heavy atom. The monoisotopic (exact) mass is 599 g/mol. The summed E-state index contributed by atoms with van der Waals surface area (Å²) in [7, 11) is -2.60. The van der Waals surface area contributed by atoms with Gasteiger partial charge in [-0.2, -0.15) is 14.0 Å². The number of nitrogens with zero attached hydrogens (tertiary/aromatic N) is 6. The van der Waals surface area contributed by atoms with Gasteiger partial charge in [0.05, 0.1) is 24.6 Å². The highest BCUT2D eigenvalue weighted by Gasteiger charge is 2.45. The number of nitrogen functional groups attached to an aromatic ring is 1. The molecule has 15 heteroatoms. The van der Waals surface area contributed by atoms with Crippen molar-refractivity contribution in [2.24, 2.45) is 0 Å². The number of fused-ring (bicyclic) bond motifs is 3. The zero-order valence-corrected chi connectivity index (χ0v) is 23.5. The predicted molar refractivity (Wildman–Crippen MR) is 146 cm³/mol. The van der Waals surface area contributed by atoms with Crippen molar-refractivity contribution in [2.75, 3.05) is 25.7 Å². The van der Waals surface area contributed by atoms with Crippen molar-refractivity contribution >= 4 is 27.2 Å². The van der Waals surface area contributed by atoms with Crippen molar-refractivity contribution in [3.05, 3.63) is 48.1 Å². The van der Waals surface area contributed by atoms with Crippen LogP contribution in [0, 0.1) is 11.6 Å². The topological polar surface area (TPSA) is 166 Å². The molecule has 3 N–H and O–H groups in total. The number of carbonyl (C=O) groups is 1. The number of ether oxygens (including phenoxy) is 1. The molecule has 2 saturated heterocycles. The molecule has 12 nitrogen and oxygen atoms in total. The highest BCUT2D eigenvalue weighted by atomic mass is 32.2. The largest absolute Gasteiger partial charge is 0.494 e. The summed E-state index contributed by atoms with van der Waals surface area (Å²) in [4.78, 5) is 27.2. The molecule has 3 aromatic heterocycles. The second-order valence-electron chi connectivity index (χ2n) is 10.5. The number of halogens is 2. The molecule has 2 aliphatic rings. The molecular weight excluding hydrogens is 572 g/mol. The molecule has 2 bridgehead atoms. The maximum absolute atomic E-state index is 14.6. The number of sulfone groups is 1. The van der Waals surface area contributed by atoms with E-state index < -0.39 is 28.1 Å². The normalized spacial score (nSPS) is 20.3. The van der Waals surface area contributed by atoms with Crippen molar-refractivity contribution < 1.29 is 31.8 Å². The second-order valence-corrected chi connectivity index (χ2v) is 12.5. The van der Waals surface area contributed by atoms with Crippen LogP contribution >= 0.6 is 0 Å². The third-order valence-corrected chi connectivity index (χ3v) is 9.21. The Morgan fingerprint density at radius 3 is 2.36 bits per heavy atom. The Balaban J connectivity index is 1.42. The van der Waals surface area contributed by atoms with Crippen LogP contribution in [0.1, 0.15) is 37.3 Å². The Labute approximate surface area is 239 Å². The molecule has 0 spiro atoms. The van der Waals surface area contributed by atoms with E-state index in [1.807, 2.05) is 0 Å². The molecule has 42 heavy (non-hydrogen) atoms. The van der Waals surface area contributed by atoms with Gasteiger partial charge in [0.25, 0.3) is 0 Å². The lowest BCUT2D eigenvalue weighted by Gasteiger charge is -2.39. The molecule has 0 unspecified atom stereocenters. The number of hydrogen-bond donors (Lipinski definition) is 2. The van der Waals surface area contributed by atoms with Crippen LogP contribution in [-0.4, -0.2) is 81.0 Å². The first-order valence-electron chi connectivity index (χ1n) is 13.2. The van der Waals surface area contributed by atoms with Crippen LogP contribution in [0.5, 0.6) is 5.75 Å². The van der Waals surface area contributed by atoms with Gasteiger partial charge in [-0.15, -0.1) is 0 Å². The fraction of sp³-hybridized carbons (Fsp3) is 0.370. The molecule has 2 aliphatic heterocycles. The Morgan fingerprint density at radius 2 is 1.76 bits per heavy atom. The van der Waals surface area contributed by atoms with Gasteiger partial charge < -0.3 is 20.5 Å². The van der Waals surface area contributed by atoms with Crippen LogP contribution in [0.4, 0.5) is 14.6 Å². The molecule has 220 valence electrons. The quantitative estimate of drug-likeness (QED) is 0.336. The lowest BCUT2D eigenvalue weighted by atomic mass is 9.87. The number of amides is 1. The van der Waals surface area contributed by atoms with Gasteiger partial charge in [0.15, 0.2) is 32.9 Å². The lowest BCUT2D eigenvalue weighted by Crippen LogP contribution is -2.47. The number of carbonyl (C=O) groups excluding carboxylic acids is 1. The number of piperidine rings is 1. The van der Waals surface area contributed by atoms with Crippen LogP contribution < -0.4 is 10.5 Å². The summed E-state index contributed by atoms with van der Waals surface area (Å²) in [6, 6.07) is 2.30. The number of rotatable bonds is 6. The minimum Gasteiger partial charge on any atom is -0.494 e. The Kier molecular flexibility index (Phi) is 6.80. The van der Waals surface area contributed by atoms with E-state index in [-0.39, 0.29) is 57.4 Å². The highest BCUT2D eigenvalue weighted by molar-refractivity contribution is 7.91. The summed E-state index contributed by atoms with van der Waals surface area (Å²) >= 11 is 0. The van der Waals surface area contributed by atoms with Gasteiger partial charge in [0.2, 0.25) is 11.7 Å². The number of anilines is 1. The minimum absolute atomic E-state index is 0.0542. The Hall–Kier alpha value is -4.24. The van der Waals surface area contributed by atoms with E-state index in [2.05, 4.69) is 15.1 Å². The van der Waals surface area contributed by atoms with Gasteiger partial charge in [0.1, 0.15) is 17.3 Å². The molecule has 1 aromatic carbocycles. The van der Waals surface area contributed by atoms with Crippen LogP contribution in [0.15, 0.2) is 35.6 Å². The second kappa shape index (κ2) is 10.2.